The zero-order valence-electron chi connectivity index (χ0n) is 13.0. The molecule has 4 aromatic rings. The number of hydrogen-bond donors (Lipinski definition) is 0. The first-order chi connectivity index (χ1) is 11.7. The minimum atomic E-state index is -0.388. The van der Waals surface area contributed by atoms with Crippen LogP contribution in [0.25, 0.3) is 15.2 Å². The van der Waals surface area contributed by atoms with Crippen molar-refractivity contribution in [2.45, 2.75) is 17.8 Å². The van der Waals surface area contributed by atoms with Crippen LogP contribution in [0, 0.1) is 6.92 Å². The van der Waals surface area contributed by atoms with Gasteiger partial charge in [0.2, 0.25) is 4.96 Å². The summed E-state index contributed by atoms with van der Waals surface area (Å²) in [6.07, 6.45) is 0. The van der Waals surface area contributed by atoms with Crippen LogP contribution >= 0.6 is 23.1 Å². The van der Waals surface area contributed by atoms with E-state index in [2.05, 4.69) is 22.3 Å². The Bertz CT molecular complexity index is 1050. The predicted molar refractivity (Wildman–Crippen MR) is 92.7 cm³/mol. The fraction of sp³-hybridized carbons (Fsp3) is 0.188. The molecule has 0 N–H and O–H groups in total. The van der Waals surface area contributed by atoms with Gasteiger partial charge in [0.1, 0.15) is 17.1 Å². The first-order valence-corrected chi connectivity index (χ1v) is 9.00. The maximum atomic E-state index is 11.7. The smallest absolute Gasteiger partial charge is 0.341 e. The van der Waals surface area contributed by atoms with E-state index in [9.17, 15) is 4.79 Å². The lowest BCUT2D eigenvalue weighted by Crippen LogP contribution is -2.00. The molecule has 6 nitrogen and oxygen atoms in total. The lowest BCUT2D eigenvalue weighted by Gasteiger charge is -1.97. The molecule has 24 heavy (non-hydrogen) atoms. The molecule has 0 aliphatic heterocycles. The van der Waals surface area contributed by atoms with Gasteiger partial charge in [-0.25, -0.2) is 4.79 Å². The third-order valence-electron chi connectivity index (χ3n) is 3.63. The summed E-state index contributed by atoms with van der Waals surface area (Å²) in [4.78, 5) is 12.5. The first kappa shape index (κ1) is 15.2. The Morgan fingerprint density at radius 3 is 3.04 bits per heavy atom. The second-order valence-corrected chi connectivity index (χ2v) is 7.08. The minimum absolute atomic E-state index is 0.388. The van der Waals surface area contributed by atoms with Crippen molar-refractivity contribution in [3.8, 4) is 0 Å². The topological polar surface area (TPSA) is 69.6 Å². The molecule has 1 aromatic carbocycles. The molecule has 3 aromatic heterocycles. The van der Waals surface area contributed by atoms with Crippen LogP contribution in [0.1, 0.15) is 21.9 Å². The Kier molecular flexibility index (Phi) is 3.78. The van der Waals surface area contributed by atoms with E-state index in [4.69, 9.17) is 9.15 Å². The van der Waals surface area contributed by atoms with Gasteiger partial charge in [0.15, 0.2) is 5.16 Å². The van der Waals surface area contributed by atoms with Crippen molar-refractivity contribution in [2.75, 3.05) is 7.11 Å². The van der Waals surface area contributed by atoms with E-state index in [0.717, 1.165) is 15.6 Å². The molecule has 122 valence electrons. The molecule has 0 radical (unpaired) electrons. The second kappa shape index (κ2) is 5.95. The van der Waals surface area contributed by atoms with Gasteiger partial charge in [0.25, 0.3) is 0 Å². The molecule has 3 heterocycles. The standard InChI is InChI=1S/C16H13N3O3S2/c1-9-11(14(20)21-2)7-10(22-9)8-23-15-17-18-16-19(15)12-5-3-4-6-13(12)24-16/h3-7H,8H2,1-2H3. The number of thiazole rings is 1. The van der Waals surface area contributed by atoms with Crippen LogP contribution in [-0.2, 0) is 10.5 Å². The number of rotatable bonds is 4. The molecule has 0 aliphatic rings. The summed E-state index contributed by atoms with van der Waals surface area (Å²) in [5.74, 6) is 1.43. The van der Waals surface area contributed by atoms with Crippen molar-refractivity contribution in [3.63, 3.8) is 0 Å². The Balaban J connectivity index is 1.62. The molecule has 0 unspecified atom stereocenters. The maximum Gasteiger partial charge on any atom is 0.341 e. The number of thioether (sulfide) groups is 1. The van der Waals surface area contributed by atoms with E-state index in [1.807, 2.05) is 16.5 Å². The fourth-order valence-corrected chi connectivity index (χ4v) is 4.36. The van der Waals surface area contributed by atoms with Crippen molar-refractivity contribution in [3.05, 3.63) is 47.4 Å². The van der Waals surface area contributed by atoms with Crippen molar-refractivity contribution >= 4 is 44.2 Å². The molecule has 0 spiro atoms. The molecule has 0 saturated carbocycles. The van der Waals surface area contributed by atoms with E-state index >= 15 is 0 Å². The molecular weight excluding hydrogens is 346 g/mol. The average molecular weight is 359 g/mol. The average Bonchev–Trinajstić information content (AvgIpc) is 3.25. The summed E-state index contributed by atoms with van der Waals surface area (Å²) in [6.45, 7) is 1.75. The third kappa shape index (κ3) is 2.47. The lowest BCUT2D eigenvalue weighted by atomic mass is 10.2. The van der Waals surface area contributed by atoms with Crippen LogP contribution < -0.4 is 0 Å². The number of carbonyl (C=O) groups is 1. The van der Waals surface area contributed by atoms with Gasteiger partial charge >= 0.3 is 5.97 Å². The second-order valence-electron chi connectivity index (χ2n) is 5.13. The van der Waals surface area contributed by atoms with Crippen LogP contribution in [0.5, 0.6) is 0 Å². The molecule has 0 aliphatic carbocycles. The number of fused-ring (bicyclic) bond motifs is 3. The van der Waals surface area contributed by atoms with Crippen molar-refractivity contribution < 1.29 is 13.9 Å². The van der Waals surface area contributed by atoms with Crippen LogP contribution in [0.15, 0.2) is 39.9 Å². The zero-order valence-corrected chi connectivity index (χ0v) is 14.6. The highest BCUT2D eigenvalue weighted by Gasteiger charge is 2.17. The number of aromatic nitrogens is 3. The fourth-order valence-electron chi connectivity index (χ4n) is 2.51. The highest BCUT2D eigenvalue weighted by Crippen LogP contribution is 2.31. The number of carbonyl (C=O) groups excluding carboxylic acids is 1. The summed E-state index contributed by atoms with van der Waals surface area (Å²) >= 11 is 3.13. The predicted octanol–water partition coefficient (Wildman–Crippen LogP) is 3.92. The number of methoxy groups -OCH3 is 1. The van der Waals surface area contributed by atoms with E-state index in [1.54, 1.807) is 24.3 Å². The number of aryl methyl sites for hydroxylation is 1. The number of furan rings is 1. The van der Waals surface area contributed by atoms with Gasteiger partial charge in [-0.15, -0.1) is 10.2 Å². The molecule has 0 fully saturated rings. The number of hydrogen-bond acceptors (Lipinski definition) is 7. The zero-order chi connectivity index (χ0) is 16.7. The van der Waals surface area contributed by atoms with Crippen LogP contribution in [0.4, 0.5) is 0 Å². The Morgan fingerprint density at radius 1 is 1.38 bits per heavy atom. The van der Waals surface area contributed by atoms with Crippen molar-refractivity contribution in [1.82, 2.24) is 14.6 Å². The van der Waals surface area contributed by atoms with Gasteiger partial charge in [-0.2, -0.15) is 0 Å². The van der Waals surface area contributed by atoms with Gasteiger partial charge in [0, 0.05) is 0 Å². The summed E-state index contributed by atoms with van der Waals surface area (Å²) in [5.41, 5.74) is 1.55. The Morgan fingerprint density at radius 2 is 2.21 bits per heavy atom. The number of para-hydroxylation sites is 1. The highest BCUT2D eigenvalue weighted by molar-refractivity contribution is 7.98. The van der Waals surface area contributed by atoms with Crippen LogP contribution in [-0.4, -0.2) is 27.7 Å². The number of benzene rings is 1. The molecule has 0 amide bonds. The van der Waals surface area contributed by atoms with E-state index in [0.29, 0.717) is 22.8 Å². The van der Waals surface area contributed by atoms with E-state index in [-0.39, 0.29) is 5.97 Å². The van der Waals surface area contributed by atoms with Crippen molar-refractivity contribution in [2.24, 2.45) is 0 Å². The molecule has 4 rings (SSSR count). The van der Waals surface area contributed by atoms with Gasteiger partial charge in [-0.3, -0.25) is 4.40 Å². The van der Waals surface area contributed by atoms with Crippen molar-refractivity contribution in [1.29, 1.82) is 0 Å². The van der Waals surface area contributed by atoms with Gasteiger partial charge in [0.05, 0.1) is 23.1 Å². The van der Waals surface area contributed by atoms with Gasteiger partial charge in [-0.1, -0.05) is 35.2 Å². The summed E-state index contributed by atoms with van der Waals surface area (Å²) in [6, 6.07) is 9.86. The molecule has 0 atom stereocenters. The monoisotopic (exact) mass is 359 g/mol. The number of nitrogens with zero attached hydrogens (tertiary/aromatic N) is 3. The van der Waals surface area contributed by atoms with Gasteiger partial charge in [-0.05, 0) is 25.1 Å². The SMILES string of the molecule is COC(=O)c1cc(CSc2nnc3sc4ccccc4n23)oc1C. The number of ether oxygens (including phenoxy) is 1. The largest absolute Gasteiger partial charge is 0.465 e. The molecule has 0 bridgehead atoms. The summed E-state index contributed by atoms with van der Waals surface area (Å²) in [5, 5.41) is 9.29. The van der Waals surface area contributed by atoms with Gasteiger partial charge < -0.3 is 9.15 Å². The van der Waals surface area contributed by atoms with E-state index < -0.39 is 0 Å². The summed E-state index contributed by atoms with van der Waals surface area (Å²) < 4.78 is 13.6. The molecule has 8 heteroatoms. The maximum absolute atomic E-state index is 11.7. The summed E-state index contributed by atoms with van der Waals surface area (Å²) in [7, 11) is 1.36. The number of esters is 1. The van der Waals surface area contributed by atoms with E-state index in [1.165, 1.54) is 23.6 Å². The quantitative estimate of drug-likeness (QED) is 0.406. The Labute approximate surface area is 145 Å². The van der Waals surface area contributed by atoms with Crippen LogP contribution in [0.2, 0.25) is 0 Å². The highest BCUT2D eigenvalue weighted by atomic mass is 32.2. The minimum Gasteiger partial charge on any atom is -0.465 e. The first-order valence-electron chi connectivity index (χ1n) is 7.20. The lowest BCUT2D eigenvalue weighted by molar-refractivity contribution is 0.0599. The molecule has 0 saturated heterocycles. The third-order valence-corrected chi connectivity index (χ3v) is 5.59. The normalized spacial score (nSPS) is 11.4. The Hall–Kier alpha value is -2.32. The van der Waals surface area contributed by atoms with Crippen LogP contribution in [0.3, 0.4) is 0 Å². The molecular formula is C16H13N3O3S2.